The van der Waals surface area contributed by atoms with Gasteiger partial charge in [-0.2, -0.15) is 0 Å². The lowest BCUT2D eigenvalue weighted by Crippen LogP contribution is -2.52. The van der Waals surface area contributed by atoms with Crippen LogP contribution in [0.2, 0.25) is 0 Å². The van der Waals surface area contributed by atoms with E-state index in [2.05, 4.69) is 10.2 Å². The van der Waals surface area contributed by atoms with Gasteiger partial charge in [0.2, 0.25) is 0 Å². The van der Waals surface area contributed by atoms with Crippen LogP contribution in [-0.4, -0.2) is 63.0 Å². The molecule has 3 rings (SSSR count). The summed E-state index contributed by atoms with van der Waals surface area (Å²) in [5.74, 6) is 0. The average Bonchev–Trinajstić information content (AvgIpc) is 2.76. The van der Waals surface area contributed by atoms with E-state index in [9.17, 15) is 4.79 Å². The van der Waals surface area contributed by atoms with E-state index in [1.807, 2.05) is 67.6 Å². The number of nitrogens with zero attached hydrogens (tertiary/aromatic N) is 2. The van der Waals surface area contributed by atoms with E-state index in [0.717, 1.165) is 24.5 Å². The summed E-state index contributed by atoms with van der Waals surface area (Å²) in [6.07, 6.45) is 0. The molecule has 1 saturated heterocycles. The number of anilines is 2. The lowest BCUT2D eigenvalue weighted by atomic mass is 10.2. The second kappa shape index (κ2) is 10.8. The van der Waals surface area contributed by atoms with E-state index in [1.54, 1.807) is 4.90 Å². The van der Waals surface area contributed by atoms with Crippen LogP contribution in [0.3, 0.4) is 0 Å². The average molecular weight is 383 g/mol. The zero-order valence-electron chi connectivity index (χ0n) is 16.4. The van der Waals surface area contributed by atoms with Crippen LogP contribution < -0.4 is 10.2 Å². The first-order valence-electron chi connectivity index (χ1n) is 9.86. The standard InChI is InChI=1S/C22H29N3O3/c1-2-27-18-21(24-13-15-28-16-14-24)17-25(20-11-7-4-8-12-20)22(26)23-19-9-5-3-6-10-19/h3-12,21H,2,13-18H2,1H3,(H,23,26). The fraction of sp³-hybridized carbons (Fsp3) is 0.409. The van der Waals surface area contributed by atoms with Crippen molar-refractivity contribution < 1.29 is 14.3 Å². The Morgan fingerprint density at radius 2 is 1.75 bits per heavy atom. The number of benzene rings is 2. The van der Waals surface area contributed by atoms with Crippen molar-refractivity contribution in [2.45, 2.75) is 13.0 Å². The summed E-state index contributed by atoms with van der Waals surface area (Å²) in [7, 11) is 0. The van der Waals surface area contributed by atoms with Crippen molar-refractivity contribution in [3.8, 4) is 0 Å². The molecule has 2 aromatic carbocycles. The first kappa shape index (κ1) is 20.3. The highest BCUT2D eigenvalue weighted by Crippen LogP contribution is 2.18. The summed E-state index contributed by atoms with van der Waals surface area (Å²) in [6, 6.07) is 19.3. The monoisotopic (exact) mass is 383 g/mol. The SMILES string of the molecule is CCOCC(CN(C(=O)Nc1ccccc1)c1ccccc1)N1CCOCC1. The predicted molar refractivity (Wildman–Crippen MR) is 112 cm³/mol. The Morgan fingerprint density at radius 1 is 1.11 bits per heavy atom. The molecule has 0 aliphatic carbocycles. The van der Waals surface area contributed by atoms with Crippen molar-refractivity contribution in [3.05, 3.63) is 60.7 Å². The lowest BCUT2D eigenvalue weighted by Gasteiger charge is -2.37. The number of nitrogens with one attached hydrogen (secondary N) is 1. The normalized spacial score (nSPS) is 15.8. The smallest absolute Gasteiger partial charge is 0.326 e. The van der Waals surface area contributed by atoms with Crippen LogP contribution in [-0.2, 0) is 9.47 Å². The summed E-state index contributed by atoms with van der Waals surface area (Å²) in [4.78, 5) is 17.3. The number of morpholine rings is 1. The molecule has 1 heterocycles. The molecule has 1 fully saturated rings. The number of carbonyl (C=O) groups excluding carboxylic acids is 1. The van der Waals surface area contributed by atoms with Gasteiger partial charge in [0.15, 0.2) is 0 Å². The van der Waals surface area contributed by atoms with Gasteiger partial charge in [-0.25, -0.2) is 4.79 Å². The van der Waals surface area contributed by atoms with Gasteiger partial charge in [-0.1, -0.05) is 36.4 Å². The first-order chi connectivity index (χ1) is 13.8. The number of hydrogen-bond acceptors (Lipinski definition) is 4. The molecule has 0 aromatic heterocycles. The van der Waals surface area contributed by atoms with E-state index in [1.165, 1.54) is 0 Å². The van der Waals surface area contributed by atoms with E-state index in [-0.39, 0.29) is 12.1 Å². The van der Waals surface area contributed by atoms with Crippen LogP contribution in [0.5, 0.6) is 0 Å². The topological polar surface area (TPSA) is 54.0 Å². The first-order valence-corrected chi connectivity index (χ1v) is 9.86. The molecule has 2 amide bonds. The Labute approximate surface area is 167 Å². The molecular formula is C22H29N3O3. The zero-order chi connectivity index (χ0) is 19.6. The molecule has 6 heteroatoms. The van der Waals surface area contributed by atoms with Gasteiger partial charge in [-0.3, -0.25) is 9.80 Å². The van der Waals surface area contributed by atoms with E-state index >= 15 is 0 Å². The number of para-hydroxylation sites is 2. The summed E-state index contributed by atoms with van der Waals surface area (Å²) in [5.41, 5.74) is 1.65. The summed E-state index contributed by atoms with van der Waals surface area (Å²) in [5, 5.41) is 3.01. The third-order valence-corrected chi connectivity index (χ3v) is 4.81. The molecule has 0 spiro atoms. The Bertz CT molecular complexity index is 705. The van der Waals surface area contributed by atoms with Crippen molar-refractivity contribution in [1.29, 1.82) is 0 Å². The molecule has 0 radical (unpaired) electrons. The van der Waals surface area contributed by atoms with Gasteiger partial charge >= 0.3 is 6.03 Å². The number of ether oxygens (including phenoxy) is 2. The van der Waals surface area contributed by atoms with Crippen molar-refractivity contribution in [3.63, 3.8) is 0 Å². The molecule has 1 aliphatic heterocycles. The third kappa shape index (κ3) is 5.79. The van der Waals surface area contributed by atoms with Gasteiger partial charge in [-0.15, -0.1) is 0 Å². The Morgan fingerprint density at radius 3 is 2.39 bits per heavy atom. The molecule has 0 bridgehead atoms. The van der Waals surface area contributed by atoms with Gasteiger partial charge in [0.1, 0.15) is 0 Å². The zero-order valence-corrected chi connectivity index (χ0v) is 16.4. The maximum absolute atomic E-state index is 13.1. The molecule has 150 valence electrons. The van der Waals surface area contributed by atoms with Crippen LogP contribution in [0.1, 0.15) is 6.92 Å². The number of carbonyl (C=O) groups is 1. The maximum atomic E-state index is 13.1. The molecule has 2 aromatic rings. The largest absolute Gasteiger partial charge is 0.380 e. The lowest BCUT2D eigenvalue weighted by molar-refractivity contribution is -0.00635. The molecule has 6 nitrogen and oxygen atoms in total. The predicted octanol–water partition coefficient (Wildman–Crippen LogP) is 3.46. The van der Waals surface area contributed by atoms with Crippen molar-refractivity contribution >= 4 is 17.4 Å². The highest BCUT2D eigenvalue weighted by atomic mass is 16.5. The quantitative estimate of drug-likeness (QED) is 0.758. The molecule has 1 aliphatic rings. The fourth-order valence-corrected chi connectivity index (χ4v) is 3.31. The Balaban J connectivity index is 1.79. The van der Waals surface area contributed by atoms with Crippen molar-refractivity contribution in [2.24, 2.45) is 0 Å². The molecule has 28 heavy (non-hydrogen) atoms. The summed E-state index contributed by atoms with van der Waals surface area (Å²) in [6.45, 7) is 6.90. The fourth-order valence-electron chi connectivity index (χ4n) is 3.31. The van der Waals surface area contributed by atoms with E-state index in [0.29, 0.717) is 33.0 Å². The van der Waals surface area contributed by atoms with Gasteiger partial charge < -0.3 is 14.8 Å². The molecule has 0 saturated carbocycles. The molecule has 1 atom stereocenters. The number of amides is 2. The highest BCUT2D eigenvalue weighted by molar-refractivity contribution is 6.01. The summed E-state index contributed by atoms with van der Waals surface area (Å²) < 4.78 is 11.2. The third-order valence-electron chi connectivity index (χ3n) is 4.81. The molecule has 1 unspecified atom stereocenters. The van der Waals surface area contributed by atoms with Crippen LogP contribution in [0.25, 0.3) is 0 Å². The van der Waals surface area contributed by atoms with Gasteiger partial charge in [0.05, 0.1) is 25.9 Å². The second-order valence-electron chi connectivity index (χ2n) is 6.70. The summed E-state index contributed by atoms with van der Waals surface area (Å²) >= 11 is 0. The molecule has 1 N–H and O–H groups in total. The minimum Gasteiger partial charge on any atom is -0.380 e. The highest BCUT2D eigenvalue weighted by Gasteiger charge is 2.26. The van der Waals surface area contributed by atoms with E-state index < -0.39 is 0 Å². The molecular weight excluding hydrogens is 354 g/mol. The van der Waals surface area contributed by atoms with Gasteiger partial charge in [0, 0.05) is 37.6 Å². The Kier molecular flexibility index (Phi) is 7.84. The Hall–Kier alpha value is -2.41. The van der Waals surface area contributed by atoms with Crippen LogP contribution in [0, 0.1) is 0 Å². The minimum atomic E-state index is -0.146. The van der Waals surface area contributed by atoms with Crippen molar-refractivity contribution in [2.75, 3.05) is 56.3 Å². The second-order valence-corrected chi connectivity index (χ2v) is 6.70. The van der Waals surface area contributed by atoms with Gasteiger partial charge in [0.25, 0.3) is 0 Å². The minimum absolute atomic E-state index is 0.102. The van der Waals surface area contributed by atoms with E-state index in [4.69, 9.17) is 9.47 Å². The number of urea groups is 1. The number of hydrogen-bond donors (Lipinski definition) is 1. The maximum Gasteiger partial charge on any atom is 0.326 e. The van der Waals surface area contributed by atoms with Crippen molar-refractivity contribution in [1.82, 2.24) is 4.90 Å². The van der Waals surface area contributed by atoms with Crippen LogP contribution >= 0.6 is 0 Å². The van der Waals surface area contributed by atoms with Crippen LogP contribution in [0.4, 0.5) is 16.2 Å². The number of rotatable bonds is 8. The van der Waals surface area contributed by atoms with Crippen LogP contribution in [0.15, 0.2) is 60.7 Å². The van der Waals surface area contributed by atoms with Gasteiger partial charge in [-0.05, 0) is 31.2 Å².